The van der Waals surface area contributed by atoms with E-state index < -0.39 is 0 Å². The number of ether oxygens (including phenoxy) is 2. The van der Waals surface area contributed by atoms with Crippen molar-refractivity contribution in [1.29, 1.82) is 0 Å². The SMILES string of the molecule is COc1cc(OCc2csc(C3CCSCC3)n2)c2cc(-c3cn4nc(C)ccc4n3)oc2c1. The number of furan rings is 1. The predicted octanol–water partition coefficient (Wildman–Crippen LogP) is 6.11. The number of hydrogen-bond donors (Lipinski definition) is 0. The average Bonchev–Trinajstić information content (AvgIpc) is 3.60. The van der Waals surface area contributed by atoms with Crippen molar-refractivity contribution < 1.29 is 13.9 Å². The number of methoxy groups -OCH3 is 1. The lowest BCUT2D eigenvalue weighted by Crippen LogP contribution is -2.07. The molecule has 174 valence electrons. The van der Waals surface area contributed by atoms with Gasteiger partial charge in [-0.2, -0.15) is 16.9 Å². The zero-order valence-electron chi connectivity index (χ0n) is 19.0. The minimum Gasteiger partial charge on any atom is -0.496 e. The molecule has 0 spiro atoms. The first-order chi connectivity index (χ1) is 16.7. The van der Waals surface area contributed by atoms with Crippen LogP contribution in [-0.4, -0.2) is 38.2 Å². The Kier molecular flexibility index (Phi) is 5.66. The third-order valence-electron chi connectivity index (χ3n) is 6.03. The van der Waals surface area contributed by atoms with Crippen molar-refractivity contribution >= 4 is 39.7 Å². The molecule has 0 atom stereocenters. The first kappa shape index (κ1) is 21.5. The molecule has 0 bridgehead atoms. The summed E-state index contributed by atoms with van der Waals surface area (Å²) in [6.45, 7) is 2.36. The Morgan fingerprint density at radius 2 is 2.03 bits per heavy atom. The minimum atomic E-state index is 0.401. The van der Waals surface area contributed by atoms with Gasteiger partial charge in [-0.3, -0.25) is 0 Å². The summed E-state index contributed by atoms with van der Waals surface area (Å²) in [6, 6.07) is 9.61. The van der Waals surface area contributed by atoms with Crippen LogP contribution in [0, 0.1) is 6.92 Å². The number of thioether (sulfide) groups is 1. The summed E-state index contributed by atoms with van der Waals surface area (Å²) in [5.41, 5.74) is 4.05. The maximum atomic E-state index is 6.23. The Morgan fingerprint density at radius 3 is 2.88 bits per heavy atom. The van der Waals surface area contributed by atoms with Crippen LogP contribution in [0.25, 0.3) is 28.1 Å². The summed E-state index contributed by atoms with van der Waals surface area (Å²) < 4.78 is 19.6. The molecule has 0 radical (unpaired) electrons. The van der Waals surface area contributed by atoms with E-state index in [1.807, 2.05) is 55.2 Å². The molecule has 1 aromatic carbocycles. The van der Waals surface area contributed by atoms with Crippen LogP contribution in [0.4, 0.5) is 0 Å². The molecule has 0 aliphatic carbocycles. The van der Waals surface area contributed by atoms with Crippen molar-refractivity contribution in [3.05, 3.63) is 58.3 Å². The molecule has 1 aliphatic heterocycles. The van der Waals surface area contributed by atoms with Crippen LogP contribution < -0.4 is 9.47 Å². The fourth-order valence-electron chi connectivity index (χ4n) is 4.22. The van der Waals surface area contributed by atoms with Gasteiger partial charge in [0.15, 0.2) is 11.4 Å². The summed E-state index contributed by atoms with van der Waals surface area (Å²) >= 11 is 3.78. The second kappa shape index (κ2) is 8.96. The maximum Gasteiger partial charge on any atom is 0.155 e. The summed E-state index contributed by atoms with van der Waals surface area (Å²) in [6.07, 6.45) is 4.30. The van der Waals surface area contributed by atoms with Gasteiger partial charge in [0.25, 0.3) is 0 Å². The first-order valence-corrected chi connectivity index (χ1v) is 13.3. The molecule has 5 aromatic rings. The van der Waals surface area contributed by atoms with Crippen LogP contribution in [0.3, 0.4) is 0 Å². The van der Waals surface area contributed by atoms with Gasteiger partial charge in [-0.05, 0) is 49.5 Å². The second-order valence-corrected chi connectivity index (χ2v) is 10.5. The molecule has 6 rings (SSSR count). The normalized spacial score (nSPS) is 14.8. The quantitative estimate of drug-likeness (QED) is 0.283. The highest BCUT2D eigenvalue weighted by molar-refractivity contribution is 7.99. The van der Waals surface area contributed by atoms with Gasteiger partial charge in [-0.15, -0.1) is 11.3 Å². The van der Waals surface area contributed by atoms with Crippen LogP contribution in [0.1, 0.15) is 35.2 Å². The van der Waals surface area contributed by atoms with E-state index in [1.165, 1.54) is 29.4 Å². The number of aryl methyl sites for hydroxylation is 1. The minimum absolute atomic E-state index is 0.401. The lowest BCUT2D eigenvalue weighted by atomic mass is 10.0. The third kappa shape index (κ3) is 4.14. The summed E-state index contributed by atoms with van der Waals surface area (Å²) in [4.78, 5) is 9.52. The van der Waals surface area contributed by atoms with Gasteiger partial charge in [0.2, 0.25) is 0 Å². The first-order valence-electron chi connectivity index (χ1n) is 11.3. The van der Waals surface area contributed by atoms with Gasteiger partial charge in [-0.1, -0.05) is 0 Å². The number of rotatable bonds is 6. The summed E-state index contributed by atoms with van der Waals surface area (Å²) in [5, 5.41) is 8.70. The molecular formula is C25H24N4O3S2. The van der Waals surface area contributed by atoms with Crippen LogP contribution >= 0.6 is 23.1 Å². The van der Waals surface area contributed by atoms with E-state index in [1.54, 1.807) is 23.0 Å². The van der Waals surface area contributed by atoms with E-state index in [4.69, 9.17) is 18.9 Å². The van der Waals surface area contributed by atoms with Crippen molar-refractivity contribution in [2.75, 3.05) is 18.6 Å². The number of hydrogen-bond acceptors (Lipinski definition) is 8. The lowest BCUT2D eigenvalue weighted by molar-refractivity contribution is 0.303. The molecule has 9 heteroatoms. The smallest absolute Gasteiger partial charge is 0.155 e. The molecule has 1 saturated heterocycles. The Bertz CT molecular complexity index is 1470. The molecule has 4 aromatic heterocycles. The summed E-state index contributed by atoms with van der Waals surface area (Å²) in [7, 11) is 1.64. The molecule has 1 aliphatic rings. The zero-order valence-corrected chi connectivity index (χ0v) is 20.6. The third-order valence-corrected chi connectivity index (χ3v) is 8.13. The lowest BCUT2D eigenvalue weighted by Gasteiger charge is -2.18. The van der Waals surface area contributed by atoms with E-state index in [9.17, 15) is 0 Å². The number of imidazole rings is 1. The Morgan fingerprint density at radius 1 is 1.15 bits per heavy atom. The fraction of sp³-hybridized carbons (Fsp3) is 0.320. The molecule has 34 heavy (non-hydrogen) atoms. The van der Waals surface area contributed by atoms with Crippen molar-refractivity contribution in [2.24, 2.45) is 0 Å². The van der Waals surface area contributed by atoms with Crippen molar-refractivity contribution in [2.45, 2.75) is 32.3 Å². The van der Waals surface area contributed by atoms with Gasteiger partial charge in [-0.25, -0.2) is 14.5 Å². The molecule has 0 unspecified atom stereocenters. The largest absolute Gasteiger partial charge is 0.496 e. The van der Waals surface area contributed by atoms with E-state index in [2.05, 4.69) is 15.5 Å². The molecule has 5 heterocycles. The highest BCUT2D eigenvalue weighted by Gasteiger charge is 2.20. The van der Waals surface area contributed by atoms with E-state index in [0.717, 1.165) is 22.4 Å². The van der Waals surface area contributed by atoms with Crippen LogP contribution in [0.5, 0.6) is 11.5 Å². The number of thiazole rings is 1. The van der Waals surface area contributed by atoms with E-state index in [0.29, 0.717) is 41.1 Å². The molecular weight excluding hydrogens is 468 g/mol. The number of nitrogens with zero attached hydrogens (tertiary/aromatic N) is 4. The average molecular weight is 493 g/mol. The van der Waals surface area contributed by atoms with Gasteiger partial charge < -0.3 is 13.9 Å². The fourth-order valence-corrected chi connectivity index (χ4v) is 6.30. The van der Waals surface area contributed by atoms with Gasteiger partial charge in [0.05, 0.1) is 35.1 Å². The number of aromatic nitrogens is 4. The molecule has 0 amide bonds. The van der Waals surface area contributed by atoms with Crippen molar-refractivity contribution in [3.63, 3.8) is 0 Å². The van der Waals surface area contributed by atoms with Crippen LogP contribution in [0.15, 0.2) is 46.3 Å². The van der Waals surface area contributed by atoms with Gasteiger partial charge in [0.1, 0.15) is 29.4 Å². The van der Waals surface area contributed by atoms with E-state index >= 15 is 0 Å². The van der Waals surface area contributed by atoms with Gasteiger partial charge in [0, 0.05) is 23.4 Å². The predicted molar refractivity (Wildman–Crippen MR) is 135 cm³/mol. The second-order valence-electron chi connectivity index (χ2n) is 8.40. The van der Waals surface area contributed by atoms with E-state index in [-0.39, 0.29) is 0 Å². The Labute approximate surface area is 205 Å². The number of benzene rings is 1. The topological polar surface area (TPSA) is 74.7 Å². The van der Waals surface area contributed by atoms with Crippen molar-refractivity contribution in [1.82, 2.24) is 19.6 Å². The Balaban J connectivity index is 1.29. The standard InChI is InChI=1S/C25H24N4O3S2/c1-15-3-4-24-27-20(12-29(24)28-15)23-11-19-21(9-18(30-2)10-22(19)32-23)31-13-17-14-34-25(26-17)16-5-7-33-8-6-16/h3-4,9-12,14,16H,5-8,13H2,1-2H3. The monoisotopic (exact) mass is 492 g/mol. The Hall–Kier alpha value is -3.04. The molecule has 1 fully saturated rings. The highest BCUT2D eigenvalue weighted by atomic mass is 32.2. The maximum absolute atomic E-state index is 6.23. The van der Waals surface area contributed by atoms with Gasteiger partial charge >= 0.3 is 0 Å². The van der Waals surface area contributed by atoms with Crippen LogP contribution in [0.2, 0.25) is 0 Å². The molecule has 0 saturated carbocycles. The highest BCUT2D eigenvalue weighted by Crippen LogP contribution is 2.38. The number of fused-ring (bicyclic) bond motifs is 2. The zero-order chi connectivity index (χ0) is 23.1. The molecule has 7 nitrogen and oxygen atoms in total. The summed E-state index contributed by atoms with van der Waals surface area (Å²) in [5.74, 6) is 5.07. The van der Waals surface area contributed by atoms with Crippen molar-refractivity contribution in [3.8, 4) is 23.0 Å². The molecule has 0 N–H and O–H groups in total. The van der Waals surface area contributed by atoms with Crippen LogP contribution in [-0.2, 0) is 6.61 Å².